The molecule has 1 aromatic rings. The predicted molar refractivity (Wildman–Crippen MR) is 77.4 cm³/mol. The standard InChI is InChI=1S/C16H23ClO/c1-15(2)14(16(15,3)4)13(17)10-11-7-6-8-12(9-11)18-5/h6-9,13-14H,10H2,1-5H3. The second-order valence-corrected chi connectivity index (χ2v) is 7.05. The number of rotatable bonds is 4. The van der Waals surface area contributed by atoms with E-state index in [1.165, 1.54) is 5.56 Å². The Hall–Kier alpha value is -0.690. The van der Waals surface area contributed by atoms with Crippen molar-refractivity contribution in [3.8, 4) is 5.75 Å². The largest absolute Gasteiger partial charge is 0.497 e. The Morgan fingerprint density at radius 2 is 1.83 bits per heavy atom. The van der Waals surface area contributed by atoms with Gasteiger partial charge in [-0.2, -0.15) is 0 Å². The van der Waals surface area contributed by atoms with Gasteiger partial charge < -0.3 is 4.74 Å². The van der Waals surface area contributed by atoms with Gasteiger partial charge in [0.2, 0.25) is 0 Å². The van der Waals surface area contributed by atoms with E-state index in [0.29, 0.717) is 16.7 Å². The molecule has 1 nitrogen and oxygen atoms in total. The van der Waals surface area contributed by atoms with Gasteiger partial charge in [-0.15, -0.1) is 11.6 Å². The van der Waals surface area contributed by atoms with Gasteiger partial charge in [0.15, 0.2) is 0 Å². The van der Waals surface area contributed by atoms with Crippen molar-refractivity contribution in [2.45, 2.75) is 39.5 Å². The molecule has 1 aromatic carbocycles. The highest BCUT2D eigenvalue weighted by Crippen LogP contribution is 2.70. The van der Waals surface area contributed by atoms with Crippen molar-refractivity contribution >= 4 is 11.6 Å². The van der Waals surface area contributed by atoms with Crippen molar-refractivity contribution in [1.29, 1.82) is 0 Å². The Bertz CT molecular complexity index is 422. The summed E-state index contributed by atoms with van der Waals surface area (Å²) in [7, 11) is 1.70. The van der Waals surface area contributed by atoms with E-state index in [1.54, 1.807) is 7.11 Å². The summed E-state index contributed by atoms with van der Waals surface area (Å²) in [5.41, 5.74) is 1.95. The molecule has 1 unspecified atom stereocenters. The van der Waals surface area contributed by atoms with Gasteiger partial charge in [0.1, 0.15) is 5.75 Å². The molecule has 0 bridgehead atoms. The predicted octanol–water partition coefficient (Wildman–Crippen LogP) is 4.53. The van der Waals surface area contributed by atoms with Gasteiger partial charge in [0.25, 0.3) is 0 Å². The minimum absolute atomic E-state index is 0.196. The SMILES string of the molecule is COc1cccc(CC(Cl)C2C(C)(C)C2(C)C)c1. The van der Waals surface area contributed by atoms with Crippen LogP contribution in [-0.4, -0.2) is 12.5 Å². The van der Waals surface area contributed by atoms with Crippen LogP contribution in [0.25, 0.3) is 0 Å². The normalized spacial score (nSPS) is 22.6. The minimum Gasteiger partial charge on any atom is -0.497 e. The second-order valence-electron chi connectivity index (χ2n) is 6.49. The lowest BCUT2D eigenvalue weighted by atomic mass is 10.0. The topological polar surface area (TPSA) is 9.23 Å². The molecule has 0 aromatic heterocycles. The van der Waals surface area contributed by atoms with Crippen LogP contribution in [0.3, 0.4) is 0 Å². The number of hydrogen-bond acceptors (Lipinski definition) is 1. The molecular formula is C16H23ClO. The summed E-state index contributed by atoms with van der Waals surface area (Å²) in [5, 5.41) is 0.196. The van der Waals surface area contributed by atoms with Crippen molar-refractivity contribution in [2.24, 2.45) is 16.7 Å². The van der Waals surface area contributed by atoms with E-state index in [9.17, 15) is 0 Å². The molecule has 0 heterocycles. The van der Waals surface area contributed by atoms with Crippen molar-refractivity contribution < 1.29 is 4.74 Å². The van der Waals surface area contributed by atoms with Crippen LogP contribution < -0.4 is 4.74 Å². The molecule has 2 heteroatoms. The zero-order chi connectivity index (χ0) is 13.6. The van der Waals surface area contributed by atoms with Gasteiger partial charge in [-0.3, -0.25) is 0 Å². The highest BCUT2D eigenvalue weighted by atomic mass is 35.5. The molecule has 0 saturated heterocycles. The molecule has 0 N–H and O–H groups in total. The van der Waals surface area contributed by atoms with Crippen molar-refractivity contribution in [3.63, 3.8) is 0 Å². The summed E-state index contributed by atoms with van der Waals surface area (Å²) in [6.07, 6.45) is 0.913. The van der Waals surface area contributed by atoms with Crippen LogP contribution in [0.2, 0.25) is 0 Å². The molecule has 100 valence electrons. The third kappa shape index (κ3) is 2.14. The van der Waals surface area contributed by atoms with Gasteiger partial charge in [-0.25, -0.2) is 0 Å². The van der Waals surface area contributed by atoms with E-state index in [1.807, 2.05) is 12.1 Å². The van der Waals surface area contributed by atoms with Crippen LogP contribution in [0.1, 0.15) is 33.3 Å². The van der Waals surface area contributed by atoms with Gasteiger partial charge >= 0.3 is 0 Å². The number of hydrogen-bond donors (Lipinski definition) is 0. The summed E-state index contributed by atoms with van der Waals surface area (Å²) >= 11 is 6.64. The molecule has 1 aliphatic rings. The first-order valence-corrected chi connectivity index (χ1v) is 7.01. The highest BCUT2D eigenvalue weighted by Gasteiger charge is 2.66. The van der Waals surface area contributed by atoms with Crippen molar-refractivity contribution in [2.75, 3.05) is 7.11 Å². The molecule has 1 saturated carbocycles. The second kappa shape index (κ2) is 4.45. The lowest BCUT2D eigenvalue weighted by Gasteiger charge is -2.12. The van der Waals surface area contributed by atoms with Crippen LogP contribution in [0.4, 0.5) is 0 Å². The van der Waals surface area contributed by atoms with Gasteiger partial charge in [-0.1, -0.05) is 39.8 Å². The molecule has 1 fully saturated rings. The van der Waals surface area contributed by atoms with Crippen molar-refractivity contribution in [3.05, 3.63) is 29.8 Å². The maximum absolute atomic E-state index is 6.64. The summed E-state index contributed by atoms with van der Waals surface area (Å²) in [5.74, 6) is 1.49. The van der Waals surface area contributed by atoms with Crippen LogP contribution in [-0.2, 0) is 6.42 Å². The quantitative estimate of drug-likeness (QED) is 0.728. The number of methoxy groups -OCH3 is 1. The number of halogens is 1. The monoisotopic (exact) mass is 266 g/mol. The summed E-state index contributed by atoms with van der Waals surface area (Å²) in [6, 6.07) is 8.21. The molecule has 0 amide bonds. The van der Waals surface area contributed by atoms with Crippen LogP contribution >= 0.6 is 11.6 Å². The smallest absolute Gasteiger partial charge is 0.119 e. The molecule has 2 rings (SSSR count). The number of alkyl halides is 1. The van der Waals surface area contributed by atoms with E-state index >= 15 is 0 Å². The van der Waals surface area contributed by atoms with Gasteiger partial charge in [0.05, 0.1) is 7.11 Å². The van der Waals surface area contributed by atoms with E-state index in [0.717, 1.165) is 12.2 Å². The van der Waals surface area contributed by atoms with E-state index in [2.05, 4.69) is 39.8 Å². The first kappa shape index (κ1) is 13.7. The maximum atomic E-state index is 6.64. The summed E-state index contributed by atoms with van der Waals surface area (Å²) in [6.45, 7) is 9.27. The Morgan fingerprint density at radius 1 is 1.22 bits per heavy atom. The van der Waals surface area contributed by atoms with E-state index < -0.39 is 0 Å². The van der Waals surface area contributed by atoms with Crippen LogP contribution in [0.5, 0.6) is 5.75 Å². The number of benzene rings is 1. The lowest BCUT2D eigenvalue weighted by molar-refractivity contribution is 0.414. The maximum Gasteiger partial charge on any atom is 0.119 e. The Balaban J connectivity index is 2.06. The molecule has 18 heavy (non-hydrogen) atoms. The van der Waals surface area contributed by atoms with Crippen LogP contribution in [0, 0.1) is 16.7 Å². The summed E-state index contributed by atoms with van der Waals surface area (Å²) in [4.78, 5) is 0. The Morgan fingerprint density at radius 3 is 2.33 bits per heavy atom. The third-order valence-electron chi connectivity index (χ3n) is 5.06. The molecule has 0 radical (unpaired) electrons. The minimum atomic E-state index is 0.196. The molecule has 1 atom stereocenters. The fraction of sp³-hybridized carbons (Fsp3) is 0.625. The zero-order valence-electron chi connectivity index (χ0n) is 12.0. The van der Waals surface area contributed by atoms with Gasteiger partial charge in [-0.05, 0) is 40.9 Å². The molecule has 0 aliphatic heterocycles. The molecular weight excluding hydrogens is 244 g/mol. The van der Waals surface area contributed by atoms with E-state index in [4.69, 9.17) is 16.3 Å². The zero-order valence-corrected chi connectivity index (χ0v) is 12.7. The third-order valence-corrected chi connectivity index (χ3v) is 5.47. The average Bonchev–Trinajstić information content (AvgIpc) is 2.69. The Labute approximate surface area is 115 Å². The highest BCUT2D eigenvalue weighted by molar-refractivity contribution is 6.21. The van der Waals surface area contributed by atoms with Crippen LogP contribution in [0.15, 0.2) is 24.3 Å². The fourth-order valence-electron chi connectivity index (χ4n) is 3.29. The van der Waals surface area contributed by atoms with E-state index in [-0.39, 0.29) is 5.38 Å². The lowest BCUT2D eigenvalue weighted by Crippen LogP contribution is -2.11. The van der Waals surface area contributed by atoms with Gasteiger partial charge in [0, 0.05) is 5.38 Å². The van der Waals surface area contributed by atoms with Crippen molar-refractivity contribution in [1.82, 2.24) is 0 Å². The first-order chi connectivity index (χ1) is 8.30. The summed E-state index contributed by atoms with van der Waals surface area (Å²) < 4.78 is 5.25. The first-order valence-electron chi connectivity index (χ1n) is 6.57. The molecule has 0 spiro atoms. The fourth-order valence-corrected chi connectivity index (χ4v) is 4.10. The molecule has 1 aliphatic carbocycles. The Kier molecular flexibility index (Phi) is 3.40. The average molecular weight is 267 g/mol. The number of ether oxygens (including phenoxy) is 1.